The van der Waals surface area contributed by atoms with Crippen molar-refractivity contribution < 1.29 is 0 Å². The summed E-state index contributed by atoms with van der Waals surface area (Å²) in [7, 11) is 0. The Morgan fingerprint density at radius 2 is 1.59 bits per heavy atom. The number of fused-ring (bicyclic) bond motifs is 2. The van der Waals surface area contributed by atoms with E-state index in [1.165, 1.54) is 0 Å². The van der Waals surface area contributed by atoms with Gasteiger partial charge in [0.2, 0.25) is 0 Å². The highest BCUT2D eigenvalue weighted by Crippen LogP contribution is 2.31. The molecule has 0 atom stereocenters. The van der Waals surface area contributed by atoms with Crippen molar-refractivity contribution in [2.75, 3.05) is 11.9 Å². The first kappa shape index (κ1) is 19.3. The van der Waals surface area contributed by atoms with Crippen molar-refractivity contribution >= 4 is 62.3 Å². The number of anilines is 2. The van der Waals surface area contributed by atoms with E-state index in [0.717, 1.165) is 38.7 Å². The molecule has 4 rings (SSSR count). The zero-order valence-corrected chi connectivity index (χ0v) is 17.0. The number of halogens is 2. The molecule has 146 valence electrons. The van der Waals surface area contributed by atoms with Crippen LogP contribution < -0.4 is 16.8 Å². The van der Waals surface area contributed by atoms with Crippen molar-refractivity contribution in [3.63, 3.8) is 0 Å². The maximum atomic E-state index is 6.13. The van der Waals surface area contributed by atoms with E-state index in [2.05, 4.69) is 22.4 Å². The molecule has 0 saturated heterocycles. The van der Waals surface area contributed by atoms with Crippen molar-refractivity contribution in [3.8, 4) is 0 Å². The first-order valence-corrected chi connectivity index (χ1v) is 9.86. The van der Waals surface area contributed by atoms with Gasteiger partial charge in [0.1, 0.15) is 0 Å². The normalized spacial score (nSPS) is 11.0. The molecule has 0 spiro atoms. The Balaban J connectivity index is 1.80. The van der Waals surface area contributed by atoms with Crippen LogP contribution >= 0.6 is 23.2 Å². The lowest BCUT2D eigenvalue weighted by Gasteiger charge is -2.13. The van der Waals surface area contributed by atoms with Crippen LogP contribution in [0.1, 0.15) is 5.56 Å². The minimum Gasteiger partial charge on any atom is -0.370 e. The summed E-state index contributed by atoms with van der Waals surface area (Å²) in [4.78, 5) is 8.95. The van der Waals surface area contributed by atoms with Gasteiger partial charge < -0.3 is 16.8 Å². The molecular formula is C22H19Cl2N5. The summed E-state index contributed by atoms with van der Waals surface area (Å²) in [6.45, 7) is 0.510. The maximum Gasteiger partial charge on any atom is 0.185 e. The number of nitrogens with two attached hydrogens (primary N) is 2. The number of hydrogen-bond acceptors (Lipinski definition) is 3. The van der Waals surface area contributed by atoms with Crippen LogP contribution in [0.15, 0.2) is 65.7 Å². The van der Waals surface area contributed by atoms with Gasteiger partial charge >= 0.3 is 0 Å². The average molecular weight is 424 g/mol. The van der Waals surface area contributed by atoms with Crippen LogP contribution in [-0.4, -0.2) is 17.5 Å². The monoisotopic (exact) mass is 423 g/mol. The minimum atomic E-state index is 0.0923. The quantitative estimate of drug-likeness (QED) is 0.232. The highest BCUT2D eigenvalue weighted by Gasteiger charge is 2.10. The number of nitrogens with one attached hydrogen (secondary N) is 1. The molecule has 1 aromatic heterocycles. The summed E-state index contributed by atoms with van der Waals surface area (Å²) in [5, 5.41) is 6.55. The second-order valence-electron chi connectivity index (χ2n) is 6.65. The SMILES string of the molecule is NC(N)=NCCc1c2ccccc2nc2ccc(Nc3ccc(Cl)c(Cl)c3)cc12. The molecule has 7 heteroatoms. The lowest BCUT2D eigenvalue weighted by atomic mass is 9.99. The number of benzene rings is 3. The predicted molar refractivity (Wildman–Crippen MR) is 123 cm³/mol. The van der Waals surface area contributed by atoms with Gasteiger partial charge in [-0.1, -0.05) is 41.4 Å². The molecule has 0 aliphatic carbocycles. The van der Waals surface area contributed by atoms with E-state index in [-0.39, 0.29) is 5.96 Å². The van der Waals surface area contributed by atoms with Gasteiger partial charge in [0, 0.05) is 28.7 Å². The number of rotatable bonds is 5. The zero-order valence-electron chi connectivity index (χ0n) is 15.5. The van der Waals surface area contributed by atoms with E-state index in [0.29, 0.717) is 23.0 Å². The van der Waals surface area contributed by atoms with E-state index in [1.807, 2.05) is 36.4 Å². The molecule has 0 saturated carbocycles. The van der Waals surface area contributed by atoms with Crippen LogP contribution in [-0.2, 0) is 6.42 Å². The largest absolute Gasteiger partial charge is 0.370 e. The van der Waals surface area contributed by atoms with Crippen molar-refractivity contribution in [2.45, 2.75) is 6.42 Å². The standard InChI is InChI=1S/C22H19Cl2N5/c23-18-7-5-14(12-19(18)24)28-13-6-8-21-17(11-13)15(9-10-27-22(25)26)16-3-1-2-4-20(16)29-21/h1-8,11-12,28H,9-10H2,(H4,25,26,27). The van der Waals surface area contributed by atoms with Gasteiger partial charge in [-0.3, -0.25) is 4.99 Å². The van der Waals surface area contributed by atoms with Crippen LogP contribution in [0.3, 0.4) is 0 Å². The molecule has 4 aromatic rings. The molecule has 0 unspecified atom stereocenters. The van der Waals surface area contributed by atoms with Gasteiger partial charge in [-0.25, -0.2) is 4.98 Å². The second-order valence-corrected chi connectivity index (χ2v) is 7.46. The highest BCUT2D eigenvalue weighted by atomic mass is 35.5. The maximum absolute atomic E-state index is 6.13. The number of aliphatic imine (C=N–C) groups is 1. The van der Waals surface area contributed by atoms with Crippen molar-refractivity contribution in [2.24, 2.45) is 16.5 Å². The first-order valence-electron chi connectivity index (χ1n) is 9.10. The zero-order chi connectivity index (χ0) is 20.4. The summed E-state index contributed by atoms with van der Waals surface area (Å²) < 4.78 is 0. The number of nitrogens with zero attached hydrogens (tertiary/aromatic N) is 2. The van der Waals surface area contributed by atoms with Crippen LogP contribution in [0.4, 0.5) is 11.4 Å². The number of hydrogen-bond donors (Lipinski definition) is 3. The van der Waals surface area contributed by atoms with Crippen molar-refractivity contribution in [1.82, 2.24) is 4.98 Å². The fourth-order valence-electron chi connectivity index (χ4n) is 3.36. The van der Waals surface area contributed by atoms with Gasteiger partial charge in [-0.15, -0.1) is 0 Å². The third-order valence-electron chi connectivity index (χ3n) is 4.66. The third-order valence-corrected chi connectivity index (χ3v) is 5.40. The molecule has 29 heavy (non-hydrogen) atoms. The molecule has 0 aliphatic heterocycles. The Kier molecular flexibility index (Phi) is 5.43. The topological polar surface area (TPSA) is 89.3 Å². The summed E-state index contributed by atoms with van der Waals surface area (Å²) in [6.07, 6.45) is 0.702. The van der Waals surface area contributed by atoms with E-state index < -0.39 is 0 Å². The minimum absolute atomic E-state index is 0.0923. The smallest absolute Gasteiger partial charge is 0.185 e. The summed E-state index contributed by atoms with van der Waals surface area (Å²) in [5.41, 5.74) is 15.8. The predicted octanol–water partition coefficient (Wildman–Crippen LogP) is 5.25. The van der Waals surface area contributed by atoms with Gasteiger partial charge in [0.15, 0.2) is 5.96 Å². The summed E-state index contributed by atoms with van der Waals surface area (Å²) >= 11 is 12.1. The van der Waals surface area contributed by atoms with Gasteiger partial charge in [-0.05, 0) is 54.4 Å². The van der Waals surface area contributed by atoms with E-state index in [9.17, 15) is 0 Å². The highest BCUT2D eigenvalue weighted by molar-refractivity contribution is 6.42. The molecule has 0 bridgehead atoms. The lowest BCUT2D eigenvalue weighted by molar-refractivity contribution is 0.976. The Morgan fingerprint density at radius 1 is 0.862 bits per heavy atom. The molecule has 5 N–H and O–H groups in total. The average Bonchev–Trinajstić information content (AvgIpc) is 2.70. The molecular weight excluding hydrogens is 405 g/mol. The van der Waals surface area contributed by atoms with E-state index in [1.54, 1.807) is 12.1 Å². The molecule has 3 aromatic carbocycles. The number of pyridine rings is 1. The fourth-order valence-corrected chi connectivity index (χ4v) is 3.66. The van der Waals surface area contributed by atoms with Crippen LogP contribution in [0.25, 0.3) is 21.8 Å². The number of para-hydroxylation sites is 1. The summed E-state index contributed by atoms with van der Waals surface area (Å²) in [6, 6.07) is 19.6. The molecule has 1 heterocycles. The molecule has 0 aliphatic rings. The number of aromatic nitrogens is 1. The van der Waals surface area contributed by atoms with Crippen molar-refractivity contribution in [1.29, 1.82) is 0 Å². The Morgan fingerprint density at radius 3 is 2.38 bits per heavy atom. The van der Waals surface area contributed by atoms with Crippen LogP contribution in [0.5, 0.6) is 0 Å². The Labute approximate surface area is 178 Å². The number of guanidine groups is 1. The first-order chi connectivity index (χ1) is 14.0. The fraction of sp³-hybridized carbons (Fsp3) is 0.0909. The molecule has 5 nitrogen and oxygen atoms in total. The Hall–Kier alpha value is -3.02. The van der Waals surface area contributed by atoms with E-state index >= 15 is 0 Å². The van der Waals surface area contributed by atoms with Gasteiger partial charge in [0.05, 0.1) is 21.1 Å². The van der Waals surface area contributed by atoms with Crippen LogP contribution in [0, 0.1) is 0 Å². The Bertz CT molecular complexity index is 1230. The third kappa shape index (κ3) is 4.21. The lowest BCUT2D eigenvalue weighted by Crippen LogP contribution is -2.23. The molecule has 0 radical (unpaired) electrons. The van der Waals surface area contributed by atoms with Crippen LogP contribution in [0.2, 0.25) is 10.0 Å². The summed E-state index contributed by atoms with van der Waals surface area (Å²) in [5.74, 6) is 0.0923. The van der Waals surface area contributed by atoms with Gasteiger partial charge in [-0.2, -0.15) is 0 Å². The molecule has 0 fully saturated rings. The van der Waals surface area contributed by atoms with E-state index in [4.69, 9.17) is 39.7 Å². The molecule has 0 amide bonds. The van der Waals surface area contributed by atoms with Gasteiger partial charge in [0.25, 0.3) is 0 Å². The second kappa shape index (κ2) is 8.15. The van der Waals surface area contributed by atoms with Crippen molar-refractivity contribution in [3.05, 3.63) is 76.3 Å².